The van der Waals surface area contributed by atoms with E-state index in [1.807, 2.05) is 73.1 Å². The first-order valence-corrected chi connectivity index (χ1v) is 7.14. The highest BCUT2D eigenvalue weighted by atomic mass is 16.1. The molecular formula is C19H17NO. The lowest BCUT2D eigenvalue weighted by Crippen LogP contribution is -2.01. The highest BCUT2D eigenvalue weighted by molar-refractivity contribution is 6.12. The van der Waals surface area contributed by atoms with Gasteiger partial charge in [0.2, 0.25) is 0 Å². The molecule has 2 nitrogen and oxygen atoms in total. The van der Waals surface area contributed by atoms with E-state index in [2.05, 4.69) is 11.5 Å². The van der Waals surface area contributed by atoms with Gasteiger partial charge in [0.15, 0.2) is 5.78 Å². The molecule has 0 saturated carbocycles. The Morgan fingerprint density at radius 1 is 0.905 bits per heavy atom. The summed E-state index contributed by atoms with van der Waals surface area (Å²) in [6.45, 7) is 2.92. The third kappa shape index (κ3) is 2.65. The van der Waals surface area contributed by atoms with E-state index in [9.17, 15) is 4.79 Å². The number of aromatic nitrogens is 1. The van der Waals surface area contributed by atoms with Crippen LogP contribution in [0.4, 0.5) is 0 Å². The summed E-state index contributed by atoms with van der Waals surface area (Å²) in [7, 11) is 0. The lowest BCUT2D eigenvalue weighted by atomic mass is 9.98. The van der Waals surface area contributed by atoms with Gasteiger partial charge in [-0.1, -0.05) is 60.7 Å². The van der Waals surface area contributed by atoms with Crippen LogP contribution in [0.15, 0.2) is 73.1 Å². The number of hydrogen-bond donors (Lipinski definition) is 0. The third-order valence-corrected chi connectivity index (χ3v) is 3.61. The summed E-state index contributed by atoms with van der Waals surface area (Å²) < 4.78 is 2.05. The Bertz CT molecular complexity index is 742. The molecule has 0 fully saturated rings. The van der Waals surface area contributed by atoms with Crippen LogP contribution >= 0.6 is 0 Å². The van der Waals surface area contributed by atoms with Gasteiger partial charge in [-0.3, -0.25) is 4.79 Å². The first kappa shape index (κ1) is 13.4. The van der Waals surface area contributed by atoms with Gasteiger partial charge in [-0.25, -0.2) is 0 Å². The standard InChI is InChI=1S/C19H17NO/c1-2-20-13-17(15-9-5-3-6-10-15)18(14-20)19(21)16-11-7-4-8-12-16/h3-14H,2H2,1H3. The van der Waals surface area contributed by atoms with Crippen LogP contribution in [-0.2, 0) is 6.54 Å². The zero-order valence-electron chi connectivity index (χ0n) is 12.0. The third-order valence-electron chi connectivity index (χ3n) is 3.61. The van der Waals surface area contributed by atoms with E-state index in [1.165, 1.54) is 0 Å². The van der Waals surface area contributed by atoms with E-state index in [-0.39, 0.29) is 5.78 Å². The van der Waals surface area contributed by atoms with Gasteiger partial charge in [-0.05, 0) is 12.5 Å². The lowest BCUT2D eigenvalue weighted by molar-refractivity contribution is 0.103. The molecule has 3 rings (SSSR count). The largest absolute Gasteiger partial charge is 0.353 e. The van der Waals surface area contributed by atoms with E-state index in [4.69, 9.17) is 0 Å². The van der Waals surface area contributed by atoms with Gasteiger partial charge >= 0.3 is 0 Å². The lowest BCUT2D eigenvalue weighted by Gasteiger charge is -2.03. The molecule has 0 aliphatic heterocycles. The maximum Gasteiger partial charge on any atom is 0.195 e. The molecule has 1 aromatic heterocycles. The minimum absolute atomic E-state index is 0.0710. The number of aryl methyl sites for hydroxylation is 1. The van der Waals surface area contributed by atoms with Gasteiger partial charge in [-0.2, -0.15) is 0 Å². The number of benzene rings is 2. The number of rotatable bonds is 4. The van der Waals surface area contributed by atoms with Crippen LogP contribution < -0.4 is 0 Å². The average Bonchev–Trinajstić information content (AvgIpc) is 3.00. The summed E-state index contributed by atoms with van der Waals surface area (Å²) in [6, 6.07) is 19.5. The van der Waals surface area contributed by atoms with E-state index in [1.54, 1.807) is 0 Å². The molecule has 0 aliphatic carbocycles. The Kier molecular flexibility index (Phi) is 3.69. The molecule has 0 spiro atoms. The van der Waals surface area contributed by atoms with Gasteiger partial charge in [0.25, 0.3) is 0 Å². The fourth-order valence-corrected chi connectivity index (χ4v) is 2.46. The van der Waals surface area contributed by atoms with E-state index in [0.29, 0.717) is 0 Å². The normalized spacial score (nSPS) is 10.5. The minimum atomic E-state index is 0.0710. The van der Waals surface area contributed by atoms with E-state index >= 15 is 0 Å². The Balaban J connectivity index is 2.10. The van der Waals surface area contributed by atoms with Crippen LogP contribution in [0.25, 0.3) is 11.1 Å². The highest BCUT2D eigenvalue weighted by Crippen LogP contribution is 2.26. The second kappa shape index (κ2) is 5.80. The quantitative estimate of drug-likeness (QED) is 0.647. The molecule has 0 aliphatic rings. The summed E-state index contributed by atoms with van der Waals surface area (Å²) in [5.74, 6) is 0.0710. The molecule has 1 heterocycles. The Morgan fingerprint density at radius 2 is 1.52 bits per heavy atom. The fourth-order valence-electron chi connectivity index (χ4n) is 2.46. The van der Waals surface area contributed by atoms with Crippen molar-refractivity contribution in [3.05, 3.63) is 84.2 Å². The molecule has 3 aromatic rings. The maximum atomic E-state index is 12.8. The molecule has 2 heteroatoms. The molecule has 0 amide bonds. The molecule has 0 unspecified atom stereocenters. The number of carbonyl (C=O) groups is 1. The Hall–Kier alpha value is -2.61. The average molecular weight is 275 g/mol. The van der Waals surface area contributed by atoms with Crippen LogP contribution in [0.1, 0.15) is 22.8 Å². The molecule has 0 bridgehead atoms. The van der Waals surface area contributed by atoms with Crippen LogP contribution in [0.5, 0.6) is 0 Å². The smallest absolute Gasteiger partial charge is 0.195 e. The fraction of sp³-hybridized carbons (Fsp3) is 0.105. The van der Waals surface area contributed by atoms with Crippen molar-refractivity contribution < 1.29 is 4.79 Å². The number of nitrogens with zero attached hydrogens (tertiary/aromatic N) is 1. The van der Waals surface area contributed by atoms with Crippen LogP contribution in [-0.4, -0.2) is 10.4 Å². The SMILES string of the molecule is CCn1cc(C(=O)c2ccccc2)c(-c2ccccc2)c1. The van der Waals surface area contributed by atoms with E-state index in [0.717, 1.165) is 28.8 Å². The van der Waals surface area contributed by atoms with Crippen molar-refractivity contribution in [2.75, 3.05) is 0 Å². The Morgan fingerprint density at radius 3 is 2.14 bits per heavy atom. The predicted octanol–water partition coefficient (Wildman–Crippen LogP) is 4.41. The van der Waals surface area contributed by atoms with Crippen molar-refractivity contribution >= 4 is 5.78 Å². The molecule has 0 radical (unpaired) electrons. The summed E-state index contributed by atoms with van der Waals surface area (Å²) in [5, 5.41) is 0. The van der Waals surface area contributed by atoms with Gasteiger partial charge < -0.3 is 4.57 Å². The number of carbonyl (C=O) groups excluding carboxylic acids is 1. The van der Waals surface area contributed by atoms with Gasteiger partial charge in [0, 0.05) is 35.6 Å². The summed E-state index contributed by atoms with van der Waals surface area (Å²) in [4.78, 5) is 12.8. The van der Waals surface area contributed by atoms with Gasteiger partial charge in [0.05, 0.1) is 0 Å². The summed E-state index contributed by atoms with van der Waals surface area (Å²) >= 11 is 0. The van der Waals surface area contributed by atoms with Crippen molar-refractivity contribution in [1.82, 2.24) is 4.57 Å². The monoisotopic (exact) mass is 275 g/mol. The molecule has 2 aromatic carbocycles. The molecule has 104 valence electrons. The predicted molar refractivity (Wildman–Crippen MR) is 85.4 cm³/mol. The van der Waals surface area contributed by atoms with Gasteiger partial charge in [-0.15, -0.1) is 0 Å². The molecule has 0 saturated heterocycles. The van der Waals surface area contributed by atoms with E-state index < -0.39 is 0 Å². The van der Waals surface area contributed by atoms with Crippen LogP contribution in [0, 0.1) is 0 Å². The Labute approximate surface area is 124 Å². The minimum Gasteiger partial charge on any atom is -0.353 e. The van der Waals surface area contributed by atoms with Crippen molar-refractivity contribution in [2.45, 2.75) is 13.5 Å². The topological polar surface area (TPSA) is 22.0 Å². The second-order valence-corrected chi connectivity index (χ2v) is 4.98. The van der Waals surface area contributed by atoms with Gasteiger partial charge in [0.1, 0.15) is 0 Å². The molecular weight excluding hydrogens is 258 g/mol. The van der Waals surface area contributed by atoms with Crippen LogP contribution in [0.3, 0.4) is 0 Å². The molecule has 0 atom stereocenters. The number of hydrogen-bond acceptors (Lipinski definition) is 1. The van der Waals surface area contributed by atoms with Crippen molar-refractivity contribution in [3.8, 4) is 11.1 Å². The maximum absolute atomic E-state index is 12.8. The first-order chi connectivity index (χ1) is 10.3. The molecule has 0 N–H and O–H groups in total. The highest BCUT2D eigenvalue weighted by Gasteiger charge is 2.16. The zero-order chi connectivity index (χ0) is 14.7. The summed E-state index contributed by atoms with van der Waals surface area (Å²) in [5.41, 5.74) is 3.55. The van der Waals surface area contributed by atoms with Crippen molar-refractivity contribution in [1.29, 1.82) is 0 Å². The second-order valence-electron chi connectivity index (χ2n) is 4.98. The number of ketones is 1. The zero-order valence-corrected chi connectivity index (χ0v) is 12.0. The van der Waals surface area contributed by atoms with Crippen molar-refractivity contribution in [2.24, 2.45) is 0 Å². The first-order valence-electron chi connectivity index (χ1n) is 7.14. The summed E-state index contributed by atoms with van der Waals surface area (Å²) in [6.07, 6.45) is 3.99. The van der Waals surface area contributed by atoms with Crippen molar-refractivity contribution in [3.63, 3.8) is 0 Å². The van der Waals surface area contributed by atoms with Crippen LogP contribution in [0.2, 0.25) is 0 Å². The molecule has 21 heavy (non-hydrogen) atoms.